The van der Waals surface area contributed by atoms with Crippen molar-refractivity contribution in [3.05, 3.63) is 52.8 Å². The van der Waals surface area contributed by atoms with Gasteiger partial charge in [0.05, 0.1) is 27.3 Å². The number of carbonyl (C=O) groups excluding carboxylic acids is 2. The van der Waals surface area contributed by atoms with Crippen molar-refractivity contribution in [2.75, 3.05) is 16.8 Å². The van der Waals surface area contributed by atoms with Gasteiger partial charge in [0.2, 0.25) is 11.8 Å². The van der Waals surface area contributed by atoms with E-state index in [1.807, 2.05) is 13.0 Å². The van der Waals surface area contributed by atoms with E-state index in [1.165, 1.54) is 6.33 Å². The molecular formula is C20H16Cl2N4O3. The second kappa shape index (κ2) is 7.85. The molecule has 0 bridgehead atoms. The average Bonchev–Trinajstić information content (AvgIpc) is 2.80. The predicted octanol–water partition coefficient (Wildman–Crippen LogP) is 4.08. The standard InChI is InChI=1S/C20H16Cl2N4O3/c1-11-6-17(27)25-15-4-2-3-5-16(15)26(11)18(28)9-29-20-13-7-12(21)8-14(22)19(13)23-10-24-20/h2-5,7-8,10-11H,6,9H2,1H3,(H,25,27)/t11-/m0/s1. The number of benzene rings is 2. The summed E-state index contributed by atoms with van der Waals surface area (Å²) >= 11 is 12.3. The van der Waals surface area contributed by atoms with Crippen LogP contribution in [0.2, 0.25) is 10.0 Å². The van der Waals surface area contributed by atoms with Gasteiger partial charge in [-0.2, -0.15) is 0 Å². The molecular weight excluding hydrogens is 415 g/mol. The van der Waals surface area contributed by atoms with Gasteiger partial charge in [-0.1, -0.05) is 35.3 Å². The summed E-state index contributed by atoms with van der Waals surface area (Å²) in [4.78, 5) is 34.9. The van der Waals surface area contributed by atoms with Crippen LogP contribution in [0.4, 0.5) is 11.4 Å². The van der Waals surface area contributed by atoms with Gasteiger partial charge in [-0.15, -0.1) is 0 Å². The first-order valence-corrected chi connectivity index (χ1v) is 9.63. The molecule has 29 heavy (non-hydrogen) atoms. The number of carbonyl (C=O) groups is 2. The maximum absolute atomic E-state index is 13.0. The molecule has 1 atom stereocenters. The molecule has 0 aliphatic carbocycles. The fraction of sp³-hybridized carbons (Fsp3) is 0.200. The van der Waals surface area contributed by atoms with E-state index in [1.54, 1.807) is 35.2 Å². The summed E-state index contributed by atoms with van der Waals surface area (Å²) < 4.78 is 5.71. The number of nitrogens with one attached hydrogen (secondary N) is 1. The highest BCUT2D eigenvalue weighted by Gasteiger charge is 2.30. The van der Waals surface area contributed by atoms with Crippen LogP contribution in [0.15, 0.2) is 42.7 Å². The van der Waals surface area contributed by atoms with E-state index in [2.05, 4.69) is 15.3 Å². The molecule has 1 aliphatic rings. The van der Waals surface area contributed by atoms with Gasteiger partial charge in [-0.3, -0.25) is 9.59 Å². The van der Waals surface area contributed by atoms with E-state index < -0.39 is 0 Å². The lowest BCUT2D eigenvalue weighted by Gasteiger charge is -2.27. The van der Waals surface area contributed by atoms with Crippen LogP contribution >= 0.6 is 23.2 Å². The molecule has 1 aromatic heterocycles. The summed E-state index contributed by atoms with van der Waals surface area (Å²) in [6.07, 6.45) is 1.50. The zero-order chi connectivity index (χ0) is 20.5. The molecule has 9 heteroatoms. The molecule has 148 valence electrons. The summed E-state index contributed by atoms with van der Waals surface area (Å²) in [7, 11) is 0. The van der Waals surface area contributed by atoms with E-state index in [9.17, 15) is 9.59 Å². The van der Waals surface area contributed by atoms with Crippen LogP contribution in [0.1, 0.15) is 13.3 Å². The molecule has 0 unspecified atom stereocenters. The molecule has 2 aromatic carbocycles. The number of para-hydroxylation sites is 2. The molecule has 2 amide bonds. The van der Waals surface area contributed by atoms with E-state index >= 15 is 0 Å². The Kier molecular flexibility index (Phi) is 5.25. The molecule has 1 aliphatic heterocycles. The van der Waals surface area contributed by atoms with Crippen molar-refractivity contribution in [1.82, 2.24) is 9.97 Å². The zero-order valence-electron chi connectivity index (χ0n) is 15.4. The lowest BCUT2D eigenvalue weighted by atomic mass is 10.1. The predicted molar refractivity (Wildman–Crippen MR) is 112 cm³/mol. The van der Waals surface area contributed by atoms with Crippen molar-refractivity contribution in [2.24, 2.45) is 0 Å². The van der Waals surface area contributed by atoms with E-state index in [4.69, 9.17) is 27.9 Å². The Hall–Kier alpha value is -2.90. The smallest absolute Gasteiger partial charge is 0.265 e. The van der Waals surface area contributed by atoms with Crippen molar-refractivity contribution in [3.8, 4) is 5.88 Å². The number of rotatable bonds is 3. The average molecular weight is 431 g/mol. The second-order valence-electron chi connectivity index (χ2n) is 6.63. The molecule has 2 heterocycles. The minimum absolute atomic E-state index is 0.146. The van der Waals surface area contributed by atoms with E-state index in [0.29, 0.717) is 32.3 Å². The monoisotopic (exact) mass is 430 g/mol. The number of halogens is 2. The minimum Gasteiger partial charge on any atom is -0.467 e. The number of fused-ring (bicyclic) bond motifs is 2. The van der Waals surface area contributed by atoms with Gasteiger partial charge in [0, 0.05) is 17.5 Å². The highest BCUT2D eigenvalue weighted by molar-refractivity contribution is 6.38. The Labute approximate surface area is 176 Å². The Morgan fingerprint density at radius 3 is 2.90 bits per heavy atom. The number of aromatic nitrogens is 2. The quantitative estimate of drug-likeness (QED) is 0.676. The van der Waals surface area contributed by atoms with Gasteiger partial charge in [0.15, 0.2) is 6.61 Å². The first kappa shape index (κ1) is 19.4. The Morgan fingerprint density at radius 1 is 1.28 bits per heavy atom. The van der Waals surface area contributed by atoms with Crippen molar-refractivity contribution < 1.29 is 14.3 Å². The minimum atomic E-state index is -0.333. The van der Waals surface area contributed by atoms with Gasteiger partial charge in [-0.25, -0.2) is 9.97 Å². The first-order valence-electron chi connectivity index (χ1n) is 8.87. The van der Waals surface area contributed by atoms with Crippen molar-refractivity contribution in [3.63, 3.8) is 0 Å². The van der Waals surface area contributed by atoms with Crippen LogP contribution < -0.4 is 15.0 Å². The van der Waals surface area contributed by atoms with Gasteiger partial charge in [0.25, 0.3) is 5.91 Å². The van der Waals surface area contributed by atoms with Crippen molar-refractivity contribution >= 4 is 57.3 Å². The zero-order valence-corrected chi connectivity index (χ0v) is 16.9. The highest BCUT2D eigenvalue weighted by Crippen LogP contribution is 2.33. The number of ether oxygens (including phenoxy) is 1. The molecule has 0 spiro atoms. The van der Waals surface area contributed by atoms with Crippen LogP contribution in [0.5, 0.6) is 5.88 Å². The summed E-state index contributed by atoms with van der Waals surface area (Å²) in [5.41, 5.74) is 1.69. The number of hydrogen-bond donors (Lipinski definition) is 1. The van der Waals surface area contributed by atoms with Crippen LogP contribution in [0.3, 0.4) is 0 Å². The maximum atomic E-state index is 13.0. The highest BCUT2D eigenvalue weighted by atomic mass is 35.5. The Morgan fingerprint density at radius 2 is 2.07 bits per heavy atom. The fourth-order valence-electron chi connectivity index (χ4n) is 3.35. The van der Waals surface area contributed by atoms with Gasteiger partial charge < -0.3 is 15.0 Å². The first-order chi connectivity index (χ1) is 13.9. The molecule has 4 rings (SSSR count). The molecule has 0 saturated heterocycles. The lowest BCUT2D eigenvalue weighted by Crippen LogP contribution is -2.41. The summed E-state index contributed by atoms with van der Waals surface area (Å²) in [5.74, 6) is -0.244. The normalized spacial score (nSPS) is 16.2. The Bertz CT molecular complexity index is 1120. The summed E-state index contributed by atoms with van der Waals surface area (Å²) in [6.45, 7) is 1.54. The van der Waals surface area contributed by atoms with E-state index in [-0.39, 0.29) is 36.8 Å². The molecule has 3 aromatic rings. The van der Waals surface area contributed by atoms with Crippen LogP contribution in [-0.4, -0.2) is 34.4 Å². The van der Waals surface area contributed by atoms with Crippen molar-refractivity contribution in [2.45, 2.75) is 19.4 Å². The van der Waals surface area contributed by atoms with Crippen LogP contribution in [-0.2, 0) is 9.59 Å². The summed E-state index contributed by atoms with van der Waals surface area (Å²) in [5, 5.41) is 4.11. The topological polar surface area (TPSA) is 84.4 Å². The van der Waals surface area contributed by atoms with Crippen molar-refractivity contribution in [1.29, 1.82) is 0 Å². The SMILES string of the molecule is C[C@H]1CC(=O)Nc2ccccc2N1C(=O)COc1ncnc2c(Cl)cc(Cl)cc12. The number of amides is 2. The maximum Gasteiger partial charge on any atom is 0.265 e. The largest absolute Gasteiger partial charge is 0.467 e. The number of anilines is 2. The van der Waals surface area contributed by atoms with Crippen LogP contribution in [0.25, 0.3) is 10.9 Å². The third-order valence-electron chi connectivity index (χ3n) is 4.58. The second-order valence-corrected chi connectivity index (χ2v) is 7.48. The lowest BCUT2D eigenvalue weighted by molar-refractivity contribution is -0.121. The van der Waals surface area contributed by atoms with Gasteiger partial charge >= 0.3 is 0 Å². The number of hydrogen-bond acceptors (Lipinski definition) is 5. The molecule has 0 saturated carbocycles. The summed E-state index contributed by atoms with van der Waals surface area (Å²) in [6, 6.07) is 10.0. The fourth-order valence-corrected chi connectivity index (χ4v) is 3.89. The van der Waals surface area contributed by atoms with Crippen LogP contribution in [0, 0.1) is 0 Å². The molecule has 0 fully saturated rings. The van der Waals surface area contributed by atoms with E-state index in [0.717, 1.165) is 0 Å². The molecule has 0 radical (unpaired) electrons. The molecule has 7 nitrogen and oxygen atoms in total. The third-order valence-corrected chi connectivity index (χ3v) is 5.09. The molecule has 1 N–H and O–H groups in total. The Balaban J connectivity index is 1.62. The third kappa shape index (κ3) is 3.83. The van der Waals surface area contributed by atoms with Gasteiger partial charge in [-0.05, 0) is 31.2 Å². The van der Waals surface area contributed by atoms with Gasteiger partial charge in [0.1, 0.15) is 6.33 Å². The number of nitrogens with zero attached hydrogens (tertiary/aromatic N) is 3.